The third-order valence-electron chi connectivity index (χ3n) is 4.51. The van der Waals surface area contributed by atoms with Gasteiger partial charge in [0.1, 0.15) is 5.82 Å². The highest BCUT2D eigenvalue weighted by Crippen LogP contribution is 2.17. The summed E-state index contributed by atoms with van der Waals surface area (Å²) in [5, 5.41) is 0. The number of nitrogens with zero attached hydrogens (tertiary/aromatic N) is 5. The minimum absolute atomic E-state index is 0.0240. The molecule has 4 rings (SSSR count). The van der Waals surface area contributed by atoms with Gasteiger partial charge in [0.2, 0.25) is 0 Å². The first kappa shape index (κ1) is 16.2. The molecule has 0 aliphatic carbocycles. The van der Waals surface area contributed by atoms with Crippen LogP contribution in [0.4, 0.5) is 5.82 Å². The van der Waals surface area contributed by atoms with Gasteiger partial charge in [-0.2, -0.15) is 0 Å². The van der Waals surface area contributed by atoms with Crippen LogP contribution in [0.2, 0.25) is 0 Å². The molecule has 6 heteroatoms. The van der Waals surface area contributed by atoms with Crippen molar-refractivity contribution < 1.29 is 4.79 Å². The van der Waals surface area contributed by atoms with Crippen LogP contribution in [0, 0.1) is 0 Å². The summed E-state index contributed by atoms with van der Waals surface area (Å²) in [4.78, 5) is 29.7. The van der Waals surface area contributed by atoms with E-state index < -0.39 is 0 Å². The maximum Gasteiger partial charge on any atom is 0.255 e. The van der Waals surface area contributed by atoms with Crippen molar-refractivity contribution in [1.29, 1.82) is 0 Å². The molecule has 0 atom stereocenters. The molecule has 0 N–H and O–H groups in total. The van der Waals surface area contributed by atoms with Crippen molar-refractivity contribution >= 4 is 11.7 Å². The number of hydrogen-bond donors (Lipinski definition) is 0. The van der Waals surface area contributed by atoms with Crippen LogP contribution in [0.1, 0.15) is 10.4 Å². The van der Waals surface area contributed by atoms with E-state index in [1.807, 2.05) is 47.4 Å². The monoisotopic (exact) mass is 345 g/mol. The maximum atomic E-state index is 12.7. The van der Waals surface area contributed by atoms with Crippen molar-refractivity contribution in [2.75, 3.05) is 31.1 Å². The fraction of sp³-hybridized carbons (Fsp3) is 0.200. The minimum atomic E-state index is 0.0240. The van der Waals surface area contributed by atoms with Gasteiger partial charge in [0.25, 0.3) is 5.91 Å². The Morgan fingerprint density at radius 1 is 0.846 bits per heavy atom. The lowest BCUT2D eigenvalue weighted by Crippen LogP contribution is -2.49. The van der Waals surface area contributed by atoms with E-state index in [2.05, 4.69) is 19.9 Å². The molecule has 1 amide bonds. The molecular weight excluding hydrogens is 326 g/mol. The molecule has 3 aromatic rings. The summed E-state index contributed by atoms with van der Waals surface area (Å²) in [7, 11) is 0. The maximum absolute atomic E-state index is 12.7. The van der Waals surface area contributed by atoms with Crippen LogP contribution in [-0.4, -0.2) is 51.9 Å². The van der Waals surface area contributed by atoms with Gasteiger partial charge in [-0.25, -0.2) is 4.98 Å². The SMILES string of the molecule is O=C(c1ccc(-c2cccnc2)nc1)N1CCN(c2ccccn2)CC1. The molecule has 3 aromatic heterocycles. The average molecular weight is 345 g/mol. The molecule has 0 spiro atoms. The summed E-state index contributed by atoms with van der Waals surface area (Å²) in [5.74, 6) is 0.984. The molecule has 1 fully saturated rings. The highest BCUT2D eigenvalue weighted by Gasteiger charge is 2.23. The van der Waals surface area contributed by atoms with Crippen LogP contribution < -0.4 is 4.90 Å². The van der Waals surface area contributed by atoms with Crippen LogP contribution in [0.15, 0.2) is 67.3 Å². The summed E-state index contributed by atoms with van der Waals surface area (Å²) in [6.45, 7) is 2.92. The fourth-order valence-electron chi connectivity index (χ4n) is 3.07. The van der Waals surface area contributed by atoms with Gasteiger partial charge in [0, 0.05) is 56.5 Å². The van der Waals surface area contributed by atoms with Gasteiger partial charge in [-0.05, 0) is 36.4 Å². The lowest BCUT2D eigenvalue weighted by molar-refractivity contribution is 0.0746. The van der Waals surface area contributed by atoms with Crippen molar-refractivity contribution in [3.05, 3.63) is 72.8 Å². The molecule has 0 saturated carbocycles. The van der Waals surface area contributed by atoms with Crippen LogP contribution in [-0.2, 0) is 0 Å². The molecule has 0 unspecified atom stereocenters. The topological polar surface area (TPSA) is 62.2 Å². The van der Waals surface area contributed by atoms with E-state index >= 15 is 0 Å². The second-order valence-corrected chi connectivity index (χ2v) is 6.14. The first-order valence-corrected chi connectivity index (χ1v) is 8.63. The lowest BCUT2D eigenvalue weighted by Gasteiger charge is -2.35. The zero-order valence-corrected chi connectivity index (χ0v) is 14.3. The summed E-state index contributed by atoms with van der Waals surface area (Å²) < 4.78 is 0. The predicted molar refractivity (Wildman–Crippen MR) is 99.8 cm³/mol. The minimum Gasteiger partial charge on any atom is -0.353 e. The van der Waals surface area contributed by atoms with Crippen LogP contribution in [0.5, 0.6) is 0 Å². The van der Waals surface area contributed by atoms with E-state index in [1.165, 1.54) is 0 Å². The predicted octanol–water partition coefficient (Wildman–Crippen LogP) is 2.50. The number of carbonyl (C=O) groups is 1. The number of aromatic nitrogens is 3. The zero-order valence-electron chi connectivity index (χ0n) is 14.3. The van der Waals surface area contributed by atoms with Crippen molar-refractivity contribution in [2.45, 2.75) is 0 Å². The third-order valence-corrected chi connectivity index (χ3v) is 4.51. The molecule has 1 aliphatic heterocycles. The van der Waals surface area contributed by atoms with E-state index in [1.54, 1.807) is 24.8 Å². The Bertz CT molecular complexity index is 860. The summed E-state index contributed by atoms with van der Waals surface area (Å²) in [6.07, 6.45) is 6.94. The number of carbonyl (C=O) groups excluding carboxylic acids is 1. The highest BCUT2D eigenvalue weighted by molar-refractivity contribution is 5.94. The van der Waals surface area contributed by atoms with E-state index in [0.717, 1.165) is 30.2 Å². The number of anilines is 1. The Balaban J connectivity index is 1.41. The molecular formula is C20H19N5O. The van der Waals surface area contributed by atoms with Gasteiger partial charge in [-0.3, -0.25) is 14.8 Å². The number of pyridine rings is 3. The highest BCUT2D eigenvalue weighted by atomic mass is 16.2. The first-order valence-electron chi connectivity index (χ1n) is 8.63. The second-order valence-electron chi connectivity index (χ2n) is 6.14. The summed E-state index contributed by atoms with van der Waals surface area (Å²) in [6, 6.07) is 13.4. The molecule has 0 radical (unpaired) electrons. The van der Waals surface area contributed by atoms with E-state index in [-0.39, 0.29) is 5.91 Å². The van der Waals surface area contributed by atoms with Gasteiger partial charge in [0.05, 0.1) is 11.3 Å². The van der Waals surface area contributed by atoms with Crippen LogP contribution in [0.3, 0.4) is 0 Å². The zero-order chi connectivity index (χ0) is 17.8. The standard InChI is InChI=1S/C20H19N5O/c26-20(17-6-7-18(23-15-17)16-4-3-8-21-14-16)25-12-10-24(11-13-25)19-5-1-2-9-22-19/h1-9,14-15H,10-13H2. The normalized spacial score (nSPS) is 14.3. The first-order chi connectivity index (χ1) is 12.8. The average Bonchev–Trinajstić information content (AvgIpc) is 2.75. The van der Waals surface area contributed by atoms with Gasteiger partial charge < -0.3 is 9.80 Å². The van der Waals surface area contributed by atoms with Gasteiger partial charge in [-0.1, -0.05) is 6.07 Å². The molecule has 0 bridgehead atoms. The Morgan fingerprint density at radius 2 is 1.73 bits per heavy atom. The van der Waals surface area contributed by atoms with Crippen molar-refractivity contribution in [3.63, 3.8) is 0 Å². The molecule has 130 valence electrons. The smallest absolute Gasteiger partial charge is 0.255 e. The van der Waals surface area contributed by atoms with E-state index in [4.69, 9.17) is 0 Å². The van der Waals surface area contributed by atoms with Crippen molar-refractivity contribution in [3.8, 4) is 11.3 Å². The van der Waals surface area contributed by atoms with Gasteiger partial charge in [-0.15, -0.1) is 0 Å². The molecule has 4 heterocycles. The molecule has 1 aliphatic rings. The lowest BCUT2D eigenvalue weighted by atomic mass is 10.1. The van der Waals surface area contributed by atoms with E-state index in [0.29, 0.717) is 18.7 Å². The molecule has 0 aromatic carbocycles. The molecule has 6 nitrogen and oxygen atoms in total. The second kappa shape index (κ2) is 7.31. The van der Waals surface area contributed by atoms with E-state index in [9.17, 15) is 4.79 Å². The van der Waals surface area contributed by atoms with Crippen LogP contribution in [0.25, 0.3) is 11.3 Å². The third kappa shape index (κ3) is 3.39. The Labute approximate surface area is 152 Å². The summed E-state index contributed by atoms with van der Waals surface area (Å²) in [5.41, 5.74) is 2.37. The van der Waals surface area contributed by atoms with Gasteiger partial charge in [0.15, 0.2) is 0 Å². The van der Waals surface area contributed by atoms with Crippen molar-refractivity contribution in [2.24, 2.45) is 0 Å². The molecule has 1 saturated heterocycles. The number of rotatable bonds is 3. The Hall–Kier alpha value is -3.28. The fourth-order valence-corrected chi connectivity index (χ4v) is 3.07. The quantitative estimate of drug-likeness (QED) is 0.730. The number of amides is 1. The molecule has 26 heavy (non-hydrogen) atoms. The Morgan fingerprint density at radius 3 is 2.38 bits per heavy atom. The van der Waals surface area contributed by atoms with Crippen LogP contribution >= 0.6 is 0 Å². The van der Waals surface area contributed by atoms with Crippen molar-refractivity contribution in [1.82, 2.24) is 19.9 Å². The Kier molecular flexibility index (Phi) is 4.55. The largest absolute Gasteiger partial charge is 0.353 e. The van der Waals surface area contributed by atoms with Gasteiger partial charge >= 0.3 is 0 Å². The summed E-state index contributed by atoms with van der Waals surface area (Å²) >= 11 is 0. The number of hydrogen-bond acceptors (Lipinski definition) is 5. The number of piperazine rings is 1.